The highest BCUT2D eigenvalue weighted by Crippen LogP contribution is 2.34. The number of hydrogen-bond acceptors (Lipinski definition) is 2. The molecular weight excluding hydrogens is 292 g/mol. The van der Waals surface area contributed by atoms with Crippen LogP contribution < -0.4 is 5.73 Å². The van der Waals surface area contributed by atoms with Gasteiger partial charge in [0.2, 0.25) is 5.91 Å². The molecule has 0 bridgehead atoms. The molecule has 0 saturated carbocycles. The number of nitrogens with two attached hydrogens (primary N) is 1. The third-order valence-corrected chi connectivity index (χ3v) is 4.60. The topological polar surface area (TPSA) is 68.3 Å². The molecule has 1 fully saturated rings. The van der Waals surface area contributed by atoms with E-state index in [-0.39, 0.29) is 12.2 Å². The van der Waals surface area contributed by atoms with Crippen LogP contribution in [0.4, 0.5) is 8.78 Å². The maximum atomic E-state index is 13.1. The monoisotopic (exact) mass is 313 g/mol. The number of likely N-dealkylation sites (tertiary alicyclic amines) is 1. The van der Waals surface area contributed by atoms with Gasteiger partial charge in [0.05, 0.1) is 5.41 Å². The first-order valence-corrected chi connectivity index (χ1v) is 7.37. The highest BCUT2D eigenvalue weighted by atomic mass is 19.3. The van der Waals surface area contributed by atoms with Gasteiger partial charge in [-0.2, -0.15) is 8.78 Å². The summed E-state index contributed by atoms with van der Waals surface area (Å²) in [6.45, 7) is 1.24. The average molecular weight is 313 g/mol. The lowest BCUT2D eigenvalue weighted by atomic mass is 9.77. The fourth-order valence-corrected chi connectivity index (χ4v) is 3.11. The Hall–Kier alpha value is -1.92. The Morgan fingerprint density at radius 1 is 1.41 bits per heavy atom. The smallest absolute Gasteiger partial charge is 0.319 e. The normalized spacial score (nSPS) is 22.1. The lowest BCUT2D eigenvalue weighted by molar-refractivity contribution is -0.130. The number of amides is 2. The third kappa shape index (κ3) is 2.71. The number of carbonyl (C=O) groups excluding carboxylic acids is 2. The maximum Gasteiger partial charge on any atom is 0.319 e. The Labute approximate surface area is 128 Å². The minimum atomic E-state index is -2.77. The van der Waals surface area contributed by atoms with Crippen LogP contribution in [-0.4, -0.2) is 34.4 Å². The van der Waals surface area contributed by atoms with Crippen molar-refractivity contribution in [1.82, 2.24) is 9.47 Å². The number of alkyl halides is 2. The Kier molecular flexibility index (Phi) is 4.53. The van der Waals surface area contributed by atoms with Crippen molar-refractivity contribution in [1.29, 1.82) is 0 Å². The van der Waals surface area contributed by atoms with Gasteiger partial charge in [0.15, 0.2) is 0 Å². The van der Waals surface area contributed by atoms with E-state index in [9.17, 15) is 18.4 Å². The van der Waals surface area contributed by atoms with Gasteiger partial charge in [0, 0.05) is 18.8 Å². The van der Waals surface area contributed by atoms with Crippen LogP contribution in [0.3, 0.4) is 0 Å². The van der Waals surface area contributed by atoms with Crippen molar-refractivity contribution in [3.05, 3.63) is 23.5 Å². The largest absolute Gasteiger partial charge is 0.369 e. The summed E-state index contributed by atoms with van der Waals surface area (Å²) in [7, 11) is 0. The number of primary amides is 1. The van der Waals surface area contributed by atoms with Crippen LogP contribution in [0.25, 0.3) is 0 Å². The molecule has 1 aliphatic heterocycles. The molecule has 1 atom stereocenters. The molecule has 0 aromatic carbocycles. The Morgan fingerprint density at radius 3 is 2.64 bits per heavy atom. The van der Waals surface area contributed by atoms with Crippen molar-refractivity contribution < 1.29 is 18.4 Å². The van der Waals surface area contributed by atoms with Crippen LogP contribution in [0.15, 0.2) is 12.1 Å². The summed E-state index contributed by atoms with van der Waals surface area (Å²) in [6.07, 6.45) is 1.79. The average Bonchev–Trinajstić information content (AvgIpc) is 2.88. The van der Waals surface area contributed by atoms with E-state index in [0.29, 0.717) is 31.5 Å². The Balaban J connectivity index is 2.28. The van der Waals surface area contributed by atoms with Crippen molar-refractivity contribution >= 4 is 11.8 Å². The number of piperidine rings is 1. The molecule has 2 rings (SSSR count). The number of rotatable bonds is 4. The number of carbonyl (C=O) groups is 2. The van der Waals surface area contributed by atoms with Gasteiger partial charge < -0.3 is 10.6 Å². The van der Waals surface area contributed by atoms with Gasteiger partial charge in [0.1, 0.15) is 5.69 Å². The molecule has 2 N–H and O–H groups in total. The van der Waals surface area contributed by atoms with Gasteiger partial charge in [-0.3, -0.25) is 14.2 Å². The second-order valence-electron chi connectivity index (χ2n) is 5.84. The van der Waals surface area contributed by atoms with Gasteiger partial charge in [-0.1, -0.05) is 6.92 Å². The van der Waals surface area contributed by atoms with Crippen LogP contribution in [0.5, 0.6) is 0 Å². The van der Waals surface area contributed by atoms with Crippen LogP contribution in [0.1, 0.15) is 48.9 Å². The minimum Gasteiger partial charge on any atom is -0.369 e. The summed E-state index contributed by atoms with van der Waals surface area (Å²) in [5.74, 6) is -0.917. The summed E-state index contributed by atoms with van der Waals surface area (Å²) >= 11 is 0. The van der Waals surface area contributed by atoms with Crippen molar-refractivity contribution in [2.24, 2.45) is 11.1 Å². The van der Waals surface area contributed by atoms with Crippen molar-refractivity contribution in [2.45, 2.75) is 39.7 Å². The summed E-state index contributed by atoms with van der Waals surface area (Å²) in [5.41, 5.74) is 5.01. The van der Waals surface area contributed by atoms with Crippen LogP contribution in [0.2, 0.25) is 0 Å². The molecule has 1 saturated heterocycles. The molecule has 1 aliphatic rings. The van der Waals surface area contributed by atoms with Gasteiger partial charge in [-0.15, -0.1) is 0 Å². The van der Waals surface area contributed by atoms with Crippen molar-refractivity contribution in [2.75, 3.05) is 13.1 Å². The SMILES string of the molecule is CC[C@]1(C(N)=O)CCCN(C(=O)c2ccc(C)n2C(F)F)C1. The zero-order valence-corrected chi connectivity index (χ0v) is 12.8. The number of aromatic nitrogens is 1. The van der Waals surface area contributed by atoms with E-state index in [0.717, 1.165) is 4.57 Å². The van der Waals surface area contributed by atoms with Gasteiger partial charge >= 0.3 is 6.55 Å². The second kappa shape index (κ2) is 6.06. The van der Waals surface area contributed by atoms with Gasteiger partial charge in [-0.25, -0.2) is 0 Å². The molecule has 0 unspecified atom stereocenters. The van der Waals surface area contributed by atoms with Crippen LogP contribution in [0, 0.1) is 12.3 Å². The molecule has 22 heavy (non-hydrogen) atoms. The van der Waals surface area contributed by atoms with E-state index in [4.69, 9.17) is 5.73 Å². The van der Waals surface area contributed by atoms with E-state index < -0.39 is 23.8 Å². The lowest BCUT2D eigenvalue weighted by Crippen LogP contribution is -2.52. The molecule has 1 aromatic rings. The molecule has 5 nitrogen and oxygen atoms in total. The number of halogens is 2. The maximum absolute atomic E-state index is 13.1. The highest BCUT2D eigenvalue weighted by molar-refractivity contribution is 5.94. The fraction of sp³-hybridized carbons (Fsp3) is 0.600. The lowest BCUT2D eigenvalue weighted by Gasteiger charge is -2.40. The molecule has 1 aromatic heterocycles. The minimum absolute atomic E-state index is 0.0520. The molecule has 2 amide bonds. The van der Waals surface area contributed by atoms with E-state index in [2.05, 4.69) is 0 Å². The third-order valence-electron chi connectivity index (χ3n) is 4.60. The standard InChI is InChI=1S/C15H21F2N3O2/c1-3-15(13(18)22)7-4-8-19(9-15)12(21)11-6-5-10(2)20(11)14(16)17/h5-6,14H,3-4,7-9H2,1-2H3,(H2,18,22)/t15-/m0/s1. The summed E-state index contributed by atoms with van der Waals surface area (Å²) in [5, 5.41) is 0. The van der Waals surface area contributed by atoms with E-state index in [1.54, 1.807) is 0 Å². The van der Waals surface area contributed by atoms with Crippen LogP contribution >= 0.6 is 0 Å². The highest BCUT2D eigenvalue weighted by Gasteiger charge is 2.41. The zero-order chi connectivity index (χ0) is 16.5. The Morgan fingerprint density at radius 2 is 2.09 bits per heavy atom. The summed E-state index contributed by atoms with van der Waals surface area (Å²) < 4.78 is 26.9. The fourth-order valence-electron chi connectivity index (χ4n) is 3.11. The summed E-state index contributed by atoms with van der Waals surface area (Å²) in [6, 6.07) is 2.89. The van der Waals surface area contributed by atoms with E-state index in [1.165, 1.54) is 24.0 Å². The molecule has 0 aliphatic carbocycles. The second-order valence-corrected chi connectivity index (χ2v) is 5.84. The first-order chi connectivity index (χ1) is 10.3. The number of aryl methyl sites for hydroxylation is 1. The molecule has 0 spiro atoms. The molecular formula is C15H21F2N3O2. The summed E-state index contributed by atoms with van der Waals surface area (Å²) in [4.78, 5) is 25.8. The molecule has 122 valence electrons. The van der Waals surface area contributed by atoms with Gasteiger partial charge in [-0.05, 0) is 38.3 Å². The van der Waals surface area contributed by atoms with Crippen molar-refractivity contribution in [3.8, 4) is 0 Å². The first kappa shape index (κ1) is 16.5. The predicted molar refractivity (Wildman–Crippen MR) is 77.5 cm³/mol. The van der Waals surface area contributed by atoms with Gasteiger partial charge in [0.25, 0.3) is 5.91 Å². The van der Waals surface area contributed by atoms with E-state index >= 15 is 0 Å². The molecule has 0 radical (unpaired) electrons. The van der Waals surface area contributed by atoms with Crippen molar-refractivity contribution in [3.63, 3.8) is 0 Å². The van der Waals surface area contributed by atoms with Crippen LogP contribution in [-0.2, 0) is 4.79 Å². The Bertz CT molecular complexity index is 585. The quantitative estimate of drug-likeness (QED) is 0.927. The molecule has 2 heterocycles. The zero-order valence-electron chi connectivity index (χ0n) is 12.8. The first-order valence-electron chi connectivity index (χ1n) is 7.37. The molecule has 7 heteroatoms. The predicted octanol–water partition coefficient (Wildman–Crippen LogP) is 2.31. The van der Waals surface area contributed by atoms with E-state index in [1.807, 2.05) is 6.92 Å². The number of hydrogen-bond donors (Lipinski definition) is 1. The number of nitrogens with zero attached hydrogens (tertiary/aromatic N) is 2.